The van der Waals surface area contributed by atoms with E-state index in [2.05, 4.69) is 20.9 Å². The van der Waals surface area contributed by atoms with Crippen molar-refractivity contribution in [2.45, 2.75) is 19.8 Å². The molecule has 0 radical (unpaired) electrons. The molecular weight excluding hydrogens is 392 g/mol. The predicted octanol–water partition coefficient (Wildman–Crippen LogP) is 3.16. The summed E-state index contributed by atoms with van der Waals surface area (Å²) in [7, 11) is 0. The first-order chi connectivity index (χ1) is 14.0. The topological polar surface area (TPSA) is 109 Å². The van der Waals surface area contributed by atoms with Gasteiger partial charge in [-0.15, -0.1) is 0 Å². The normalized spacial score (nSPS) is 12.8. The molecular formula is C20H18N4O4S. The Morgan fingerprint density at radius 3 is 2.86 bits per heavy atom. The monoisotopic (exact) mass is 410 g/mol. The van der Waals surface area contributed by atoms with E-state index in [0.717, 1.165) is 21.5 Å². The number of nitrogens with one attached hydrogen (secondary N) is 3. The van der Waals surface area contributed by atoms with Crippen LogP contribution in [0.3, 0.4) is 0 Å². The zero-order chi connectivity index (χ0) is 20.4. The number of aromatic nitrogens is 1. The van der Waals surface area contributed by atoms with Crippen LogP contribution in [0, 0.1) is 0 Å². The molecule has 0 unspecified atom stereocenters. The highest BCUT2D eigenvalue weighted by molar-refractivity contribution is 7.22. The second kappa shape index (κ2) is 7.88. The molecule has 0 bridgehead atoms. The van der Waals surface area contributed by atoms with Crippen molar-refractivity contribution in [3.05, 3.63) is 42.0 Å². The van der Waals surface area contributed by atoms with E-state index in [9.17, 15) is 14.4 Å². The molecule has 0 saturated heterocycles. The lowest BCUT2D eigenvalue weighted by molar-refractivity contribution is -0.118. The van der Waals surface area contributed by atoms with Crippen LogP contribution in [0.2, 0.25) is 0 Å². The quantitative estimate of drug-likeness (QED) is 0.599. The lowest BCUT2D eigenvalue weighted by Gasteiger charge is -2.17. The van der Waals surface area contributed by atoms with Gasteiger partial charge in [-0.2, -0.15) is 0 Å². The Labute approximate surface area is 170 Å². The molecule has 0 saturated carbocycles. The molecule has 4 rings (SSSR count). The Bertz CT molecular complexity index is 1120. The summed E-state index contributed by atoms with van der Waals surface area (Å²) in [5, 5.41) is 8.72. The Balaban J connectivity index is 1.37. The largest absolute Gasteiger partial charge is 0.484 e. The minimum Gasteiger partial charge on any atom is -0.484 e. The maximum atomic E-state index is 12.2. The Hall–Kier alpha value is -3.46. The van der Waals surface area contributed by atoms with Gasteiger partial charge < -0.3 is 15.4 Å². The van der Waals surface area contributed by atoms with Crippen molar-refractivity contribution in [1.82, 2.24) is 4.98 Å². The maximum absolute atomic E-state index is 12.2. The number of aryl methyl sites for hydroxylation is 1. The van der Waals surface area contributed by atoms with Crippen LogP contribution in [-0.4, -0.2) is 29.3 Å². The lowest BCUT2D eigenvalue weighted by atomic mass is 10.0. The molecule has 29 heavy (non-hydrogen) atoms. The number of anilines is 3. The van der Waals surface area contributed by atoms with Crippen molar-refractivity contribution in [3.63, 3.8) is 0 Å². The highest BCUT2D eigenvalue weighted by Gasteiger charge is 2.15. The number of carbonyl (C=O) groups is 3. The van der Waals surface area contributed by atoms with Crippen molar-refractivity contribution in [3.8, 4) is 5.75 Å². The molecule has 3 amide bonds. The van der Waals surface area contributed by atoms with E-state index >= 15 is 0 Å². The molecule has 0 atom stereocenters. The molecule has 0 aliphatic carbocycles. The number of carbonyl (C=O) groups excluding carboxylic acids is 3. The Morgan fingerprint density at radius 2 is 2.03 bits per heavy atom. The van der Waals surface area contributed by atoms with Crippen LogP contribution in [-0.2, 0) is 20.8 Å². The van der Waals surface area contributed by atoms with Gasteiger partial charge in [-0.3, -0.25) is 19.7 Å². The second-order valence-corrected chi connectivity index (χ2v) is 7.62. The van der Waals surface area contributed by atoms with E-state index in [-0.39, 0.29) is 24.3 Å². The summed E-state index contributed by atoms with van der Waals surface area (Å²) in [6.07, 6.45) is 1.09. The number of ether oxygens (including phenoxy) is 1. The Morgan fingerprint density at radius 1 is 1.17 bits per heavy atom. The highest BCUT2D eigenvalue weighted by Crippen LogP contribution is 2.29. The predicted molar refractivity (Wildman–Crippen MR) is 111 cm³/mol. The second-order valence-electron chi connectivity index (χ2n) is 6.59. The fraction of sp³-hybridized carbons (Fsp3) is 0.200. The fourth-order valence-corrected chi connectivity index (χ4v) is 3.93. The van der Waals surface area contributed by atoms with Crippen molar-refractivity contribution in [1.29, 1.82) is 0 Å². The molecule has 1 aromatic heterocycles. The molecule has 0 fully saturated rings. The van der Waals surface area contributed by atoms with E-state index in [1.165, 1.54) is 18.3 Å². The summed E-state index contributed by atoms with van der Waals surface area (Å²) in [6, 6.07) is 10.7. The van der Waals surface area contributed by atoms with Crippen molar-refractivity contribution < 1.29 is 19.1 Å². The Kier molecular flexibility index (Phi) is 5.13. The molecule has 3 N–H and O–H groups in total. The van der Waals surface area contributed by atoms with Gasteiger partial charge in [-0.1, -0.05) is 11.3 Å². The van der Waals surface area contributed by atoms with Crippen LogP contribution in [0.5, 0.6) is 5.75 Å². The van der Waals surface area contributed by atoms with Crippen LogP contribution in [0.25, 0.3) is 10.2 Å². The first-order valence-corrected chi connectivity index (χ1v) is 9.81. The van der Waals surface area contributed by atoms with E-state index in [0.29, 0.717) is 29.4 Å². The molecule has 1 aliphatic rings. The van der Waals surface area contributed by atoms with Gasteiger partial charge in [-0.05, 0) is 48.4 Å². The maximum Gasteiger partial charge on any atom is 0.264 e. The first-order valence-electron chi connectivity index (χ1n) is 9.00. The molecule has 8 nitrogen and oxygen atoms in total. The van der Waals surface area contributed by atoms with Crippen LogP contribution >= 0.6 is 11.3 Å². The number of benzene rings is 2. The smallest absolute Gasteiger partial charge is 0.264 e. The number of hydrogen-bond acceptors (Lipinski definition) is 6. The molecule has 3 aromatic rings. The molecule has 0 spiro atoms. The van der Waals surface area contributed by atoms with Crippen molar-refractivity contribution in [2.24, 2.45) is 0 Å². The summed E-state index contributed by atoms with van der Waals surface area (Å²) < 4.78 is 6.43. The summed E-state index contributed by atoms with van der Waals surface area (Å²) in [5.41, 5.74) is 3.19. The number of hydrogen-bond donors (Lipinski definition) is 3. The van der Waals surface area contributed by atoms with E-state index in [1.54, 1.807) is 24.3 Å². The SMILES string of the molecule is CC(=O)Nc1ccc2nc(NC(=O)COc3ccc4c(c3)CCC(=O)N4)sc2c1. The third kappa shape index (κ3) is 4.52. The van der Waals surface area contributed by atoms with Gasteiger partial charge in [0.1, 0.15) is 5.75 Å². The van der Waals surface area contributed by atoms with Crippen LogP contribution in [0.1, 0.15) is 18.9 Å². The van der Waals surface area contributed by atoms with Gasteiger partial charge in [0, 0.05) is 24.7 Å². The average molecular weight is 410 g/mol. The molecule has 1 aliphatic heterocycles. The summed E-state index contributed by atoms with van der Waals surface area (Å²) >= 11 is 1.32. The number of thiazole rings is 1. The number of fused-ring (bicyclic) bond motifs is 2. The molecule has 2 aromatic carbocycles. The number of rotatable bonds is 5. The van der Waals surface area contributed by atoms with Gasteiger partial charge in [0.25, 0.3) is 5.91 Å². The average Bonchev–Trinajstić information content (AvgIpc) is 3.07. The highest BCUT2D eigenvalue weighted by atomic mass is 32.1. The summed E-state index contributed by atoms with van der Waals surface area (Å²) in [4.78, 5) is 39.2. The van der Waals surface area contributed by atoms with Gasteiger partial charge in [0.15, 0.2) is 11.7 Å². The summed E-state index contributed by atoms with van der Waals surface area (Å²) in [6.45, 7) is 1.29. The lowest BCUT2D eigenvalue weighted by Crippen LogP contribution is -2.21. The first kappa shape index (κ1) is 18.9. The van der Waals surface area contributed by atoms with E-state index in [4.69, 9.17) is 4.74 Å². The van der Waals surface area contributed by atoms with Crippen molar-refractivity contribution in [2.75, 3.05) is 22.6 Å². The zero-order valence-corrected chi connectivity index (χ0v) is 16.4. The molecule has 148 valence electrons. The van der Waals surface area contributed by atoms with Gasteiger partial charge >= 0.3 is 0 Å². The molecule has 2 heterocycles. The van der Waals surface area contributed by atoms with Gasteiger partial charge in [0.05, 0.1) is 10.2 Å². The van der Waals surface area contributed by atoms with Crippen LogP contribution in [0.4, 0.5) is 16.5 Å². The molecule has 9 heteroatoms. The third-order valence-corrected chi connectivity index (χ3v) is 5.23. The van der Waals surface area contributed by atoms with E-state index in [1.807, 2.05) is 12.1 Å². The third-order valence-electron chi connectivity index (χ3n) is 4.30. The summed E-state index contributed by atoms with van der Waals surface area (Å²) in [5.74, 6) is 0.103. The number of nitrogens with zero attached hydrogens (tertiary/aromatic N) is 1. The minimum atomic E-state index is -0.322. The fourth-order valence-electron chi connectivity index (χ4n) is 3.01. The van der Waals surface area contributed by atoms with E-state index < -0.39 is 0 Å². The van der Waals surface area contributed by atoms with Gasteiger partial charge in [-0.25, -0.2) is 4.98 Å². The van der Waals surface area contributed by atoms with Crippen LogP contribution < -0.4 is 20.7 Å². The van der Waals surface area contributed by atoms with Crippen molar-refractivity contribution >= 4 is 55.8 Å². The van der Waals surface area contributed by atoms with Crippen LogP contribution in [0.15, 0.2) is 36.4 Å². The number of amides is 3. The minimum absolute atomic E-state index is 0.00516. The standard InChI is InChI=1S/C20H18N4O4S/c1-11(25)21-13-3-5-16-17(9-13)29-20(23-16)24-19(27)10-28-14-4-6-15-12(8-14)2-7-18(26)22-15/h3-6,8-9H,2,7,10H2,1H3,(H,21,25)(H,22,26)(H,23,24,27). The zero-order valence-electron chi connectivity index (χ0n) is 15.6. The van der Waals surface area contributed by atoms with Gasteiger partial charge in [0.2, 0.25) is 11.8 Å².